The van der Waals surface area contributed by atoms with Gasteiger partial charge in [-0.1, -0.05) is 37.3 Å². The van der Waals surface area contributed by atoms with Crippen molar-refractivity contribution in [1.82, 2.24) is 4.90 Å². The van der Waals surface area contributed by atoms with Gasteiger partial charge in [0.15, 0.2) is 6.23 Å². The Hall–Kier alpha value is -2.63. The van der Waals surface area contributed by atoms with E-state index in [4.69, 9.17) is 13.9 Å². The molecule has 0 bridgehead atoms. The van der Waals surface area contributed by atoms with Crippen molar-refractivity contribution in [2.75, 3.05) is 26.3 Å². The highest BCUT2D eigenvalue weighted by Gasteiger charge is 2.38. The average Bonchev–Trinajstić information content (AvgIpc) is 3.06. The highest BCUT2D eigenvalue weighted by Crippen LogP contribution is 2.45. The molecule has 0 N–H and O–H groups in total. The van der Waals surface area contributed by atoms with Gasteiger partial charge in [-0.3, -0.25) is 4.90 Å². The van der Waals surface area contributed by atoms with Crippen LogP contribution < -0.4 is 10.4 Å². The third-order valence-corrected chi connectivity index (χ3v) is 5.89. The van der Waals surface area contributed by atoms with Crippen molar-refractivity contribution in [3.8, 4) is 16.9 Å². The van der Waals surface area contributed by atoms with E-state index >= 15 is 0 Å². The highest BCUT2D eigenvalue weighted by atomic mass is 16.5. The summed E-state index contributed by atoms with van der Waals surface area (Å²) in [6, 6.07) is 13.7. The van der Waals surface area contributed by atoms with Crippen molar-refractivity contribution in [3.05, 3.63) is 64.0 Å². The number of ether oxygens (including phenoxy) is 2. The van der Waals surface area contributed by atoms with E-state index in [1.54, 1.807) is 6.07 Å². The Morgan fingerprint density at radius 1 is 1.07 bits per heavy atom. The molecule has 3 heterocycles. The van der Waals surface area contributed by atoms with Gasteiger partial charge in [-0.15, -0.1) is 0 Å². The van der Waals surface area contributed by atoms with Gasteiger partial charge in [0.2, 0.25) is 0 Å². The van der Waals surface area contributed by atoms with E-state index in [0.717, 1.165) is 54.1 Å². The SMILES string of the molecule is Cc1c2c(cc3c(-c4ccccc4)cc(=O)oc13)C(C)C(N1CCOCC1)O2. The van der Waals surface area contributed by atoms with Crippen LogP contribution in [0.1, 0.15) is 24.0 Å². The highest BCUT2D eigenvalue weighted by molar-refractivity contribution is 5.96. The molecule has 1 aromatic heterocycles. The summed E-state index contributed by atoms with van der Waals surface area (Å²) in [7, 11) is 0. The average molecular weight is 377 g/mol. The summed E-state index contributed by atoms with van der Waals surface area (Å²) >= 11 is 0. The van der Waals surface area contributed by atoms with E-state index in [-0.39, 0.29) is 17.8 Å². The second-order valence-corrected chi connectivity index (χ2v) is 7.59. The smallest absolute Gasteiger partial charge is 0.336 e. The number of morpholine rings is 1. The Morgan fingerprint density at radius 2 is 1.82 bits per heavy atom. The molecule has 2 aliphatic heterocycles. The summed E-state index contributed by atoms with van der Waals surface area (Å²) in [4.78, 5) is 14.6. The summed E-state index contributed by atoms with van der Waals surface area (Å²) in [6.07, 6.45) is -0.0127. The first-order valence-electron chi connectivity index (χ1n) is 9.78. The molecule has 0 amide bonds. The zero-order valence-corrected chi connectivity index (χ0v) is 16.1. The molecule has 2 unspecified atom stereocenters. The van der Waals surface area contributed by atoms with Crippen LogP contribution in [-0.4, -0.2) is 37.4 Å². The van der Waals surface area contributed by atoms with Crippen LogP contribution in [0.4, 0.5) is 0 Å². The molecule has 0 spiro atoms. The molecule has 3 aromatic rings. The van der Waals surface area contributed by atoms with Gasteiger partial charge in [0.05, 0.1) is 13.2 Å². The minimum Gasteiger partial charge on any atom is -0.474 e. The lowest BCUT2D eigenvalue weighted by atomic mass is 9.93. The van der Waals surface area contributed by atoms with Crippen LogP contribution in [0, 0.1) is 6.92 Å². The number of aryl methyl sites for hydroxylation is 1. The number of hydrogen-bond acceptors (Lipinski definition) is 5. The first kappa shape index (κ1) is 17.5. The summed E-state index contributed by atoms with van der Waals surface area (Å²) in [5, 5.41) is 0.958. The maximum absolute atomic E-state index is 12.3. The fraction of sp³-hybridized carbons (Fsp3) is 0.348. The maximum Gasteiger partial charge on any atom is 0.336 e. The van der Waals surface area contributed by atoms with Crippen molar-refractivity contribution >= 4 is 11.0 Å². The lowest BCUT2D eigenvalue weighted by Crippen LogP contribution is -2.46. The van der Waals surface area contributed by atoms with E-state index in [1.807, 2.05) is 37.3 Å². The Morgan fingerprint density at radius 3 is 2.57 bits per heavy atom. The Kier molecular flexibility index (Phi) is 4.22. The minimum atomic E-state index is -0.342. The Balaban J connectivity index is 1.67. The fourth-order valence-corrected chi connectivity index (χ4v) is 4.42. The maximum atomic E-state index is 12.3. The van der Waals surface area contributed by atoms with Crippen LogP contribution in [-0.2, 0) is 4.74 Å². The lowest BCUT2D eigenvalue weighted by molar-refractivity contribution is -0.0446. The lowest BCUT2D eigenvalue weighted by Gasteiger charge is -2.33. The normalized spacial score (nSPS) is 22.2. The van der Waals surface area contributed by atoms with Gasteiger partial charge in [-0.05, 0) is 24.1 Å². The molecule has 2 atom stereocenters. The third-order valence-electron chi connectivity index (χ3n) is 5.89. The van der Waals surface area contributed by atoms with Crippen molar-refractivity contribution in [1.29, 1.82) is 0 Å². The second kappa shape index (κ2) is 6.76. The monoisotopic (exact) mass is 377 g/mol. The van der Waals surface area contributed by atoms with E-state index in [1.165, 1.54) is 5.56 Å². The molecule has 1 saturated heterocycles. The summed E-state index contributed by atoms with van der Waals surface area (Å²) in [5.41, 5.74) is 4.25. The molecule has 2 aliphatic rings. The van der Waals surface area contributed by atoms with Gasteiger partial charge in [0.25, 0.3) is 0 Å². The van der Waals surface area contributed by atoms with E-state index in [2.05, 4.69) is 17.9 Å². The number of nitrogens with zero attached hydrogens (tertiary/aromatic N) is 1. The van der Waals surface area contributed by atoms with Gasteiger partial charge in [0, 0.05) is 41.6 Å². The first-order valence-corrected chi connectivity index (χ1v) is 9.78. The van der Waals surface area contributed by atoms with Gasteiger partial charge in [-0.2, -0.15) is 0 Å². The molecular formula is C23H23NO4. The molecule has 0 saturated carbocycles. The second-order valence-electron chi connectivity index (χ2n) is 7.59. The quantitative estimate of drug-likeness (QED) is 0.634. The minimum absolute atomic E-state index is 0.0127. The Labute approximate surface area is 163 Å². The number of fused-ring (bicyclic) bond motifs is 2. The molecule has 28 heavy (non-hydrogen) atoms. The molecule has 0 aliphatic carbocycles. The molecule has 0 radical (unpaired) electrons. The van der Waals surface area contributed by atoms with Crippen LogP contribution in [0.2, 0.25) is 0 Å². The summed E-state index contributed by atoms with van der Waals surface area (Å²) in [6.45, 7) is 7.39. The predicted molar refractivity (Wildman–Crippen MR) is 108 cm³/mol. The molecule has 5 nitrogen and oxygen atoms in total. The largest absolute Gasteiger partial charge is 0.474 e. The van der Waals surface area contributed by atoms with Gasteiger partial charge < -0.3 is 13.9 Å². The molecule has 144 valence electrons. The van der Waals surface area contributed by atoms with Gasteiger partial charge in [0.1, 0.15) is 11.3 Å². The van der Waals surface area contributed by atoms with Crippen LogP contribution in [0.5, 0.6) is 5.75 Å². The molecular weight excluding hydrogens is 354 g/mol. The standard InChI is InChI=1S/C23H23NO4/c1-14-17-12-19-18(16-6-4-3-5-7-16)13-20(25)27-22(19)15(2)21(17)28-23(14)24-8-10-26-11-9-24/h3-7,12-14,23H,8-11H2,1-2H3. The van der Waals surface area contributed by atoms with Crippen molar-refractivity contribution < 1.29 is 13.9 Å². The summed E-state index contributed by atoms with van der Waals surface area (Å²) < 4.78 is 17.5. The van der Waals surface area contributed by atoms with Gasteiger partial charge in [-0.25, -0.2) is 4.79 Å². The Bertz CT molecular complexity index is 1080. The van der Waals surface area contributed by atoms with E-state index < -0.39 is 0 Å². The molecule has 5 heteroatoms. The van der Waals surface area contributed by atoms with E-state index in [9.17, 15) is 4.79 Å². The molecule has 2 aromatic carbocycles. The zero-order valence-electron chi connectivity index (χ0n) is 16.1. The van der Waals surface area contributed by atoms with Crippen LogP contribution in [0.3, 0.4) is 0 Å². The van der Waals surface area contributed by atoms with Crippen molar-refractivity contribution in [2.24, 2.45) is 0 Å². The number of rotatable bonds is 2. The first-order chi connectivity index (χ1) is 13.6. The topological polar surface area (TPSA) is 51.9 Å². The molecule has 1 fully saturated rings. The van der Waals surface area contributed by atoms with Crippen molar-refractivity contribution in [3.63, 3.8) is 0 Å². The zero-order chi connectivity index (χ0) is 19.3. The van der Waals surface area contributed by atoms with Crippen molar-refractivity contribution in [2.45, 2.75) is 26.0 Å². The molecule has 5 rings (SSSR count). The summed E-state index contributed by atoms with van der Waals surface area (Å²) in [5.74, 6) is 1.08. The number of hydrogen-bond donors (Lipinski definition) is 0. The van der Waals surface area contributed by atoms with Crippen LogP contribution in [0.25, 0.3) is 22.1 Å². The van der Waals surface area contributed by atoms with Crippen LogP contribution >= 0.6 is 0 Å². The third kappa shape index (κ3) is 2.74. The van der Waals surface area contributed by atoms with E-state index in [0.29, 0.717) is 5.58 Å². The van der Waals surface area contributed by atoms with Crippen LogP contribution in [0.15, 0.2) is 51.7 Å². The fourth-order valence-electron chi connectivity index (χ4n) is 4.42. The van der Waals surface area contributed by atoms with Gasteiger partial charge >= 0.3 is 5.63 Å². The number of benzene rings is 2. The predicted octanol–water partition coefficient (Wildman–Crippen LogP) is 3.92.